The summed E-state index contributed by atoms with van der Waals surface area (Å²) in [7, 11) is -2.78. The minimum Gasteiger partial charge on any atom is -0.480 e. The van der Waals surface area contributed by atoms with Gasteiger partial charge in [0.05, 0.1) is 6.61 Å². The van der Waals surface area contributed by atoms with Crippen molar-refractivity contribution in [2.75, 3.05) is 6.61 Å². The van der Waals surface area contributed by atoms with Gasteiger partial charge < -0.3 is 14.8 Å². The summed E-state index contributed by atoms with van der Waals surface area (Å²) in [6.45, 7) is 6.57. The highest BCUT2D eigenvalue weighted by Gasteiger charge is 2.34. The zero-order valence-corrected chi connectivity index (χ0v) is 10.5. The SMILES string of the molecule is CC(C)P(=O)(NC(CO)C(=O)O)C(C)C. The zero-order valence-electron chi connectivity index (χ0n) is 9.60. The van der Waals surface area contributed by atoms with Crippen LogP contribution in [0.1, 0.15) is 27.7 Å². The molecule has 0 aromatic rings. The molecule has 0 saturated heterocycles. The number of aliphatic hydroxyl groups is 1. The van der Waals surface area contributed by atoms with Crippen molar-refractivity contribution in [1.29, 1.82) is 0 Å². The Morgan fingerprint density at radius 3 is 1.87 bits per heavy atom. The van der Waals surface area contributed by atoms with E-state index in [-0.39, 0.29) is 11.3 Å². The van der Waals surface area contributed by atoms with E-state index in [1.807, 2.05) is 0 Å². The summed E-state index contributed by atoms with van der Waals surface area (Å²) in [6, 6.07) is -1.15. The molecule has 0 heterocycles. The van der Waals surface area contributed by atoms with Crippen molar-refractivity contribution in [2.45, 2.75) is 45.1 Å². The number of carbonyl (C=O) groups is 1. The van der Waals surface area contributed by atoms with Gasteiger partial charge in [-0.15, -0.1) is 0 Å². The smallest absolute Gasteiger partial charge is 0.323 e. The molecule has 6 heteroatoms. The quantitative estimate of drug-likeness (QED) is 0.602. The zero-order chi connectivity index (χ0) is 12.2. The second kappa shape index (κ2) is 5.64. The fourth-order valence-corrected chi connectivity index (χ4v) is 3.78. The minimum absolute atomic E-state index is 0.147. The maximum Gasteiger partial charge on any atom is 0.323 e. The lowest BCUT2D eigenvalue weighted by Crippen LogP contribution is -2.40. The van der Waals surface area contributed by atoms with E-state index in [9.17, 15) is 9.36 Å². The third-order valence-corrected chi connectivity index (χ3v) is 6.16. The van der Waals surface area contributed by atoms with Crippen LogP contribution in [0, 0.1) is 0 Å². The largest absolute Gasteiger partial charge is 0.480 e. The summed E-state index contributed by atoms with van der Waals surface area (Å²) in [5.41, 5.74) is -0.295. The van der Waals surface area contributed by atoms with Crippen molar-refractivity contribution < 1.29 is 19.6 Å². The van der Waals surface area contributed by atoms with Gasteiger partial charge in [-0.3, -0.25) is 9.88 Å². The van der Waals surface area contributed by atoms with Crippen LogP contribution in [-0.4, -0.2) is 40.1 Å². The van der Waals surface area contributed by atoms with E-state index in [0.29, 0.717) is 0 Å². The summed E-state index contributed by atoms with van der Waals surface area (Å²) in [4.78, 5) is 10.7. The lowest BCUT2D eigenvalue weighted by molar-refractivity contribution is -0.139. The predicted octanol–water partition coefficient (Wildman–Crippen LogP) is 1.12. The Hall–Kier alpha value is -0.380. The van der Waals surface area contributed by atoms with Crippen molar-refractivity contribution in [3.63, 3.8) is 0 Å². The molecule has 5 nitrogen and oxygen atoms in total. The average molecular weight is 237 g/mol. The summed E-state index contributed by atoms with van der Waals surface area (Å²) in [5.74, 6) is -1.18. The van der Waals surface area contributed by atoms with Gasteiger partial charge in [-0.1, -0.05) is 27.7 Å². The van der Waals surface area contributed by atoms with Gasteiger partial charge in [0.15, 0.2) is 7.29 Å². The standard InChI is InChI=1S/C9H20NO4P/c1-6(2)15(14,7(3)4)10-8(5-11)9(12)13/h6-8,11H,5H2,1-4H3,(H,10,14)(H,12,13). The highest BCUT2D eigenvalue weighted by Crippen LogP contribution is 2.51. The molecule has 0 rings (SSSR count). The van der Waals surface area contributed by atoms with Crippen LogP contribution < -0.4 is 5.09 Å². The molecule has 0 bridgehead atoms. The molecule has 1 unspecified atom stereocenters. The monoisotopic (exact) mass is 237 g/mol. The van der Waals surface area contributed by atoms with Crippen molar-refractivity contribution in [1.82, 2.24) is 5.09 Å². The summed E-state index contributed by atoms with van der Waals surface area (Å²) in [6.07, 6.45) is 0. The summed E-state index contributed by atoms with van der Waals surface area (Å²) >= 11 is 0. The lowest BCUT2D eigenvalue weighted by Gasteiger charge is -2.29. The topological polar surface area (TPSA) is 86.6 Å². The minimum atomic E-state index is -2.78. The molecule has 0 radical (unpaired) electrons. The average Bonchev–Trinajstić information content (AvgIpc) is 2.12. The van der Waals surface area contributed by atoms with E-state index in [1.165, 1.54) is 0 Å². The second-order valence-electron chi connectivity index (χ2n) is 4.10. The van der Waals surface area contributed by atoms with Crippen LogP contribution in [0.15, 0.2) is 0 Å². The first-order chi connectivity index (χ1) is 6.75. The number of hydrogen-bond acceptors (Lipinski definition) is 3. The van der Waals surface area contributed by atoms with E-state index in [4.69, 9.17) is 10.2 Å². The van der Waals surface area contributed by atoms with Crippen molar-refractivity contribution in [3.8, 4) is 0 Å². The van der Waals surface area contributed by atoms with E-state index in [0.717, 1.165) is 0 Å². The molecule has 0 aromatic carbocycles. The third-order valence-electron chi connectivity index (χ3n) is 2.37. The van der Waals surface area contributed by atoms with Crippen LogP contribution >= 0.6 is 7.29 Å². The fraction of sp³-hybridized carbons (Fsp3) is 0.889. The molecule has 0 fully saturated rings. The number of aliphatic hydroxyl groups excluding tert-OH is 1. The number of rotatable bonds is 6. The fourth-order valence-electron chi connectivity index (χ4n) is 1.31. The molecule has 0 amide bonds. The van der Waals surface area contributed by atoms with E-state index in [1.54, 1.807) is 27.7 Å². The normalized spacial score (nSPS) is 14.6. The summed E-state index contributed by atoms with van der Waals surface area (Å²) < 4.78 is 12.4. The van der Waals surface area contributed by atoms with E-state index in [2.05, 4.69) is 5.09 Å². The molecule has 15 heavy (non-hydrogen) atoms. The first kappa shape index (κ1) is 14.6. The molecule has 3 N–H and O–H groups in total. The third kappa shape index (κ3) is 3.59. The van der Waals surface area contributed by atoms with Crippen molar-refractivity contribution in [3.05, 3.63) is 0 Å². The number of hydrogen-bond donors (Lipinski definition) is 3. The molecular weight excluding hydrogens is 217 g/mol. The Labute approximate surface area is 90.3 Å². The van der Waals surface area contributed by atoms with Crippen LogP contribution in [0.25, 0.3) is 0 Å². The van der Waals surface area contributed by atoms with Gasteiger partial charge in [0.25, 0.3) is 0 Å². The molecule has 0 saturated carbocycles. The number of carboxylic acids is 1. The van der Waals surface area contributed by atoms with Gasteiger partial charge in [-0.05, 0) is 0 Å². The Bertz CT molecular complexity index is 253. The summed E-state index contributed by atoms with van der Waals surface area (Å²) in [5, 5.41) is 20.2. The maximum absolute atomic E-state index is 12.4. The lowest BCUT2D eigenvalue weighted by atomic mass is 10.3. The molecular formula is C9H20NO4P. The second-order valence-corrected chi connectivity index (χ2v) is 7.84. The van der Waals surface area contributed by atoms with Gasteiger partial charge in [0.2, 0.25) is 0 Å². The Kier molecular flexibility index (Phi) is 5.49. The highest BCUT2D eigenvalue weighted by molar-refractivity contribution is 7.63. The van der Waals surface area contributed by atoms with Gasteiger partial charge in [0, 0.05) is 11.3 Å². The Morgan fingerprint density at radius 2 is 1.67 bits per heavy atom. The molecule has 0 aliphatic heterocycles. The Morgan fingerprint density at radius 1 is 1.27 bits per heavy atom. The van der Waals surface area contributed by atoms with Gasteiger partial charge >= 0.3 is 5.97 Å². The van der Waals surface area contributed by atoms with Crippen LogP contribution in [0.2, 0.25) is 0 Å². The van der Waals surface area contributed by atoms with Gasteiger partial charge in [-0.2, -0.15) is 0 Å². The number of aliphatic carboxylic acids is 1. The van der Waals surface area contributed by atoms with E-state index < -0.39 is 25.9 Å². The van der Waals surface area contributed by atoms with Crippen LogP contribution in [0.4, 0.5) is 0 Å². The van der Waals surface area contributed by atoms with Gasteiger partial charge in [-0.25, -0.2) is 0 Å². The Balaban J connectivity index is 4.84. The molecule has 0 spiro atoms. The predicted molar refractivity (Wildman–Crippen MR) is 59.5 cm³/mol. The molecule has 0 aromatic heterocycles. The highest BCUT2D eigenvalue weighted by atomic mass is 31.2. The molecule has 0 aliphatic carbocycles. The van der Waals surface area contributed by atoms with Crippen LogP contribution in [-0.2, 0) is 9.36 Å². The van der Waals surface area contributed by atoms with Crippen LogP contribution in [0.5, 0.6) is 0 Å². The molecule has 0 aliphatic rings. The molecule has 90 valence electrons. The van der Waals surface area contributed by atoms with E-state index >= 15 is 0 Å². The van der Waals surface area contributed by atoms with Crippen molar-refractivity contribution in [2.24, 2.45) is 0 Å². The first-order valence-corrected chi connectivity index (χ1v) is 6.81. The number of carboxylic acid groups (broad SMARTS) is 1. The van der Waals surface area contributed by atoms with Crippen LogP contribution in [0.3, 0.4) is 0 Å². The first-order valence-electron chi connectivity index (χ1n) is 4.96. The maximum atomic E-state index is 12.4. The molecule has 1 atom stereocenters. The van der Waals surface area contributed by atoms with Gasteiger partial charge in [0.1, 0.15) is 6.04 Å². The number of nitrogens with one attached hydrogen (secondary N) is 1. The van der Waals surface area contributed by atoms with Crippen molar-refractivity contribution >= 4 is 13.3 Å².